The molecule has 84 valence electrons. The maximum Gasteiger partial charge on any atom is 0.250 e. The molecule has 0 aliphatic carbocycles. The molecule has 1 N–H and O–H groups in total. The molecule has 15 heavy (non-hydrogen) atoms. The topological polar surface area (TPSA) is 45.5 Å². The Morgan fingerprint density at radius 1 is 1.53 bits per heavy atom. The van der Waals surface area contributed by atoms with E-state index in [9.17, 15) is 4.79 Å². The third-order valence-electron chi connectivity index (χ3n) is 1.78. The van der Waals surface area contributed by atoms with Gasteiger partial charge in [0.2, 0.25) is 5.91 Å². The molecular weight excluding hydrogens is 192 g/mol. The van der Waals surface area contributed by atoms with E-state index < -0.39 is 0 Å². The average molecular weight is 210 g/mol. The molecule has 0 radical (unpaired) electrons. The van der Waals surface area contributed by atoms with Gasteiger partial charge in [-0.3, -0.25) is 4.79 Å². The zero-order chi connectivity index (χ0) is 11.8. The molecule has 0 bridgehead atoms. The summed E-state index contributed by atoms with van der Waals surface area (Å²) < 4.78 is 4.96. The van der Waals surface area contributed by atoms with Crippen LogP contribution in [0.15, 0.2) is 29.6 Å². The van der Waals surface area contributed by atoms with Crippen LogP contribution in [-0.2, 0) is 4.79 Å². The largest absolute Gasteiger partial charge is 0.468 e. The number of hydrogen-bond donors (Lipinski definition) is 1. The minimum atomic E-state index is -0.169. The minimum absolute atomic E-state index is 0.169. The van der Waals surface area contributed by atoms with Crippen molar-refractivity contribution in [3.63, 3.8) is 0 Å². The molecule has 4 heteroatoms. The first-order chi connectivity index (χ1) is 7.20. The molecule has 0 spiro atoms. The normalized spacial score (nSPS) is 8.53. The van der Waals surface area contributed by atoms with E-state index in [1.807, 2.05) is 13.8 Å². The standard InChI is InChI=1S/C9H12N2O2.C2H6/c1-4-9(12)11(3)8-6-13-5-7(8)10-2;1-2/h4-6,10H,1H2,2-3H3;1-2H3. The maximum atomic E-state index is 11.2. The smallest absolute Gasteiger partial charge is 0.250 e. The van der Waals surface area contributed by atoms with E-state index in [4.69, 9.17) is 4.42 Å². The van der Waals surface area contributed by atoms with E-state index in [1.165, 1.54) is 17.2 Å². The Balaban J connectivity index is 0.000000921. The number of likely N-dealkylation sites (N-methyl/N-ethyl adjacent to an activating group) is 1. The number of hydrogen-bond acceptors (Lipinski definition) is 3. The zero-order valence-electron chi connectivity index (χ0n) is 9.70. The second-order valence-corrected chi connectivity index (χ2v) is 2.52. The Hall–Kier alpha value is -1.71. The molecule has 1 heterocycles. The van der Waals surface area contributed by atoms with Crippen molar-refractivity contribution < 1.29 is 9.21 Å². The average Bonchev–Trinajstić information content (AvgIpc) is 2.77. The molecule has 0 aliphatic rings. The summed E-state index contributed by atoms with van der Waals surface area (Å²) in [4.78, 5) is 12.7. The highest BCUT2D eigenvalue weighted by atomic mass is 16.3. The third kappa shape index (κ3) is 3.16. The SMILES string of the molecule is C=CC(=O)N(C)c1cocc1NC.CC. The van der Waals surface area contributed by atoms with Gasteiger partial charge in [0.1, 0.15) is 18.2 Å². The number of anilines is 2. The Morgan fingerprint density at radius 3 is 2.60 bits per heavy atom. The highest BCUT2D eigenvalue weighted by Crippen LogP contribution is 2.25. The summed E-state index contributed by atoms with van der Waals surface area (Å²) in [6.45, 7) is 7.40. The lowest BCUT2D eigenvalue weighted by Gasteiger charge is -2.13. The van der Waals surface area contributed by atoms with Crippen LogP contribution >= 0.6 is 0 Å². The molecule has 0 atom stereocenters. The highest BCUT2D eigenvalue weighted by molar-refractivity contribution is 6.02. The molecule has 0 saturated heterocycles. The lowest BCUT2D eigenvalue weighted by Crippen LogP contribution is -2.23. The lowest BCUT2D eigenvalue weighted by atomic mass is 10.4. The molecule has 0 fully saturated rings. The molecule has 0 aromatic carbocycles. The fourth-order valence-corrected chi connectivity index (χ4v) is 0.993. The van der Waals surface area contributed by atoms with Crippen LogP contribution in [0, 0.1) is 0 Å². The number of amides is 1. The van der Waals surface area contributed by atoms with Crippen molar-refractivity contribution in [2.24, 2.45) is 0 Å². The van der Waals surface area contributed by atoms with E-state index in [1.54, 1.807) is 20.4 Å². The molecule has 0 unspecified atom stereocenters. The first kappa shape index (κ1) is 13.3. The molecule has 0 saturated carbocycles. The number of furan rings is 1. The fourth-order valence-electron chi connectivity index (χ4n) is 0.993. The fraction of sp³-hybridized carbons (Fsp3) is 0.364. The number of rotatable bonds is 3. The molecule has 1 aromatic heterocycles. The highest BCUT2D eigenvalue weighted by Gasteiger charge is 2.12. The van der Waals surface area contributed by atoms with Crippen molar-refractivity contribution in [1.29, 1.82) is 0 Å². The lowest BCUT2D eigenvalue weighted by molar-refractivity contribution is -0.113. The first-order valence-corrected chi connectivity index (χ1v) is 4.84. The van der Waals surface area contributed by atoms with Crippen molar-refractivity contribution in [1.82, 2.24) is 0 Å². The van der Waals surface area contributed by atoms with Crippen LogP contribution in [0.5, 0.6) is 0 Å². The van der Waals surface area contributed by atoms with Crippen molar-refractivity contribution in [2.75, 3.05) is 24.3 Å². The van der Waals surface area contributed by atoms with Crippen molar-refractivity contribution in [2.45, 2.75) is 13.8 Å². The van der Waals surface area contributed by atoms with E-state index in [-0.39, 0.29) is 5.91 Å². The van der Waals surface area contributed by atoms with Crippen LogP contribution in [0.2, 0.25) is 0 Å². The molecule has 0 aliphatic heterocycles. The second kappa shape index (κ2) is 6.70. The van der Waals surface area contributed by atoms with Gasteiger partial charge in [0, 0.05) is 14.1 Å². The molecular formula is C11H18N2O2. The van der Waals surface area contributed by atoms with Gasteiger partial charge in [0.25, 0.3) is 0 Å². The summed E-state index contributed by atoms with van der Waals surface area (Å²) >= 11 is 0. The Labute approximate surface area is 90.6 Å². The number of nitrogens with one attached hydrogen (secondary N) is 1. The van der Waals surface area contributed by atoms with Gasteiger partial charge in [0.05, 0.1) is 5.69 Å². The Bertz CT molecular complexity index is 318. The van der Waals surface area contributed by atoms with E-state index >= 15 is 0 Å². The maximum absolute atomic E-state index is 11.2. The van der Waals surface area contributed by atoms with Gasteiger partial charge < -0.3 is 14.6 Å². The van der Waals surface area contributed by atoms with Gasteiger partial charge in [-0.1, -0.05) is 20.4 Å². The van der Waals surface area contributed by atoms with Crippen molar-refractivity contribution in [3.05, 3.63) is 25.2 Å². The van der Waals surface area contributed by atoms with Gasteiger partial charge >= 0.3 is 0 Å². The number of nitrogens with zero attached hydrogens (tertiary/aromatic N) is 1. The van der Waals surface area contributed by atoms with Crippen LogP contribution in [0.25, 0.3) is 0 Å². The Morgan fingerprint density at radius 2 is 2.13 bits per heavy atom. The van der Waals surface area contributed by atoms with Crippen LogP contribution in [0.1, 0.15) is 13.8 Å². The quantitative estimate of drug-likeness (QED) is 0.779. The predicted molar refractivity (Wildman–Crippen MR) is 63.2 cm³/mol. The van der Waals surface area contributed by atoms with Crippen LogP contribution in [0.4, 0.5) is 11.4 Å². The number of carbonyl (C=O) groups is 1. The van der Waals surface area contributed by atoms with Crippen LogP contribution < -0.4 is 10.2 Å². The van der Waals surface area contributed by atoms with Crippen LogP contribution in [-0.4, -0.2) is 20.0 Å². The second-order valence-electron chi connectivity index (χ2n) is 2.52. The van der Waals surface area contributed by atoms with Crippen molar-refractivity contribution >= 4 is 17.3 Å². The first-order valence-electron chi connectivity index (χ1n) is 4.84. The molecule has 1 rings (SSSR count). The molecule has 1 aromatic rings. The molecule has 1 amide bonds. The van der Waals surface area contributed by atoms with Gasteiger partial charge in [0.15, 0.2) is 0 Å². The van der Waals surface area contributed by atoms with Gasteiger partial charge in [-0.05, 0) is 6.08 Å². The minimum Gasteiger partial charge on any atom is -0.468 e. The summed E-state index contributed by atoms with van der Waals surface area (Å²) in [5.41, 5.74) is 1.48. The van der Waals surface area contributed by atoms with Gasteiger partial charge in [-0.2, -0.15) is 0 Å². The number of carbonyl (C=O) groups excluding carboxylic acids is 1. The van der Waals surface area contributed by atoms with Crippen LogP contribution in [0.3, 0.4) is 0 Å². The van der Waals surface area contributed by atoms with E-state index in [2.05, 4.69) is 11.9 Å². The zero-order valence-corrected chi connectivity index (χ0v) is 9.70. The summed E-state index contributed by atoms with van der Waals surface area (Å²) in [7, 11) is 3.43. The summed E-state index contributed by atoms with van der Waals surface area (Å²) in [6.07, 6.45) is 4.31. The Kier molecular flexibility index (Phi) is 5.94. The monoisotopic (exact) mass is 210 g/mol. The third-order valence-corrected chi connectivity index (χ3v) is 1.78. The summed E-state index contributed by atoms with van der Waals surface area (Å²) in [5, 5.41) is 2.91. The summed E-state index contributed by atoms with van der Waals surface area (Å²) in [6, 6.07) is 0. The van der Waals surface area contributed by atoms with Gasteiger partial charge in [-0.25, -0.2) is 0 Å². The van der Waals surface area contributed by atoms with E-state index in [0.29, 0.717) is 5.69 Å². The summed E-state index contributed by atoms with van der Waals surface area (Å²) in [5.74, 6) is -0.169. The predicted octanol–water partition coefficient (Wildman–Crippen LogP) is 2.50. The van der Waals surface area contributed by atoms with Gasteiger partial charge in [-0.15, -0.1) is 0 Å². The van der Waals surface area contributed by atoms with Crippen molar-refractivity contribution in [3.8, 4) is 0 Å². The molecule has 4 nitrogen and oxygen atoms in total. The van der Waals surface area contributed by atoms with E-state index in [0.717, 1.165) is 5.69 Å².